The molecule has 7 heteroatoms. The fraction of sp³-hybridized carbons (Fsp3) is 0.214. The van der Waals surface area contributed by atoms with Crippen molar-refractivity contribution in [2.75, 3.05) is 0 Å². The molecule has 4 aromatic rings. The zero-order chi connectivity index (χ0) is 24.4. The van der Waals surface area contributed by atoms with Gasteiger partial charge in [0.25, 0.3) is 0 Å². The fourth-order valence-electron chi connectivity index (χ4n) is 4.11. The summed E-state index contributed by atoms with van der Waals surface area (Å²) < 4.78 is 11.9. The molecular weight excluding hydrogens is 485 g/mol. The zero-order valence-corrected chi connectivity index (χ0v) is 20.4. The molecule has 5 nitrogen and oxygen atoms in total. The van der Waals surface area contributed by atoms with Gasteiger partial charge in [-0.1, -0.05) is 70.8 Å². The van der Waals surface area contributed by atoms with E-state index < -0.39 is 5.97 Å². The van der Waals surface area contributed by atoms with Crippen molar-refractivity contribution in [3.05, 3.63) is 93.7 Å². The van der Waals surface area contributed by atoms with Gasteiger partial charge in [-0.2, -0.15) is 0 Å². The van der Waals surface area contributed by atoms with Crippen molar-refractivity contribution in [2.45, 2.75) is 38.2 Å². The predicted octanol–water partition coefficient (Wildman–Crippen LogP) is 7.79. The lowest BCUT2D eigenvalue weighted by molar-refractivity contribution is -0.136. The fourth-order valence-corrected chi connectivity index (χ4v) is 4.68. The molecule has 1 fully saturated rings. The molecule has 1 aliphatic carbocycles. The van der Waals surface area contributed by atoms with Gasteiger partial charge < -0.3 is 14.4 Å². The molecular formula is C28H23Cl2NO4. The normalized spacial score (nSPS) is 13.1. The summed E-state index contributed by atoms with van der Waals surface area (Å²) in [5, 5.41) is 14.3. The van der Waals surface area contributed by atoms with Gasteiger partial charge in [0, 0.05) is 17.9 Å². The number of aryl methyl sites for hydroxylation is 1. The summed E-state index contributed by atoms with van der Waals surface area (Å²) in [6.45, 7) is 0.288. The van der Waals surface area contributed by atoms with Crippen LogP contribution in [0.2, 0.25) is 10.0 Å². The highest BCUT2D eigenvalue weighted by atomic mass is 35.5. The van der Waals surface area contributed by atoms with E-state index in [1.54, 1.807) is 18.2 Å². The monoisotopic (exact) mass is 507 g/mol. The summed E-state index contributed by atoms with van der Waals surface area (Å²) in [7, 11) is 0. The minimum absolute atomic E-state index is 0.114. The molecule has 178 valence electrons. The second-order valence-electron chi connectivity index (χ2n) is 8.65. The van der Waals surface area contributed by atoms with Gasteiger partial charge in [-0.15, -0.1) is 0 Å². The Morgan fingerprint density at radius 3 is 2.40 bits per heavy atom. The van der Waals surface area contributed by atoms with Crippen LogP contribution in [0.3, 0.4) is 0 Å². The Bertz CT molecular complexity index is 1340. The van der Waals surface area contributed by atoms with E-state index in [0.29, 0.717) is 33.6 Å². The molecule has 0 saturated heterocycles. The lowest BCUT2D eigenvalue weighted by Gasteiger charge is -2.10. The van der Waals surface area contributed by atoms with Crippen LogP contribution in [0.1, 0.15) is 42.1 Å². The van der Waals surface area contributed by atoms with Crippen molar-refractivity contribution in [2.24, 2.45) is 0 Å². The van der Waals surface area contributed by atoms with Crippen LogP contribution in [0.4, 0.5) is 0 Å². The van der Waals surface area contributed by atoms with E-state index in [-0.39, 0.29) is 13.0 Å². The Morgan fingerprint density at radius 2 is 1.71 bits per heavy atom. The minimum atomic E-state index is -0.797. The smallest absolute Gasteiger partial charge is 0.303 e. The molecule has 0 bridgehead atoms. The number of hydrogen-bond acceptors (Lipinski definition) is 4. The third kappa shape index (κ3) is 5.37. The van der Waals surface area contributed by atoms with Gasteiger partial charge in [-0.05, 0) is 60.2 Å². The lowest BCUT2D eigenvalue weighted by atomic mass is 10.0. The molecule has 1 aromatic heterocycles. The van der Waals surface area contributed by atoms with E-state index in [9.17, 15) is 4.79 Å². The van der Waals surface area contributed by atoms with Crippen LogP contribution in [0, 0.1) is 0 Å². The Kier molecular flexibility index (Phi) is 6.80. The maximum absolute atomic E-state index is 10.9. The molecule has 0 aliphatic heterocycles. The highest BCUT2D eigenvalue weighted by Crippen LogP contribution is 2.46. The first kappa shape index (κ1) is 23.5. The first-order valence-electron chi connectivity index (χ1n) is 11.5. The Labute approximate surface area is 213 Å². The molecule has 0 amide bonds. The number of aliphatic carboxylic acids is 1. The number of halogens is 2. The third-order valence-electron chi connectivity index (χ3n) is 6.09. The summed E-state index contributed by atoms with van der Waals surface area (Å²) in [4.78, 5) is 10.9. The molecule has 0 unspecified atom stereocenters. The average Bonchev–Trinajstić information content (AvgIpc) is 3.62. The van der Waals surface area contributed by atoms with Crippen LogP contribution in [0.25, 0.3) is 22.4 Å². The molecule has 1 heterocycles. The third-order valence-corrected chi connectivity index (χ3v) is 6.72. The van der Waals surface area contributed by atoms with Crippen LogP contribution in [0.15, 0.2) is 71.3 Å². The van der Waals surface area contributed by atoms with Gasteiger partial charge >= 0.3 is 5.97 Å². The van der Waals surface area contributed by atoms with E-state index in [1.165, 1.54) is 0 Å². The highest BCUT2D eigenvalue weighted by molar-refractivity contribution is 6.39. The molecule has 3 aromatic carbocycles. The SMILES string of the molecule is O=C(O)CCc1cccc(-c2ccc(OCc3c(-c4c(Cl)cccc4Cl)noc3C3CC3)cc2)c1. The predicted molar refractivity (Wildman–Crippen MR) is 136 cm³/mol. The Balaban J connectivity index is 1.34. The average molecular weight is 508 g/mol. The number of ether oxygens (including phenoxy) is 1. The van der Waals surface area contributed by atoms with Crippen molar-refractivity contribution in [1.82, 2.24) is 5.16 Å². The number of carboxylic acid groups (broad SMARTS) is 1. The van der Waals surface area contributed by atoms with Gasteiger partial charge in [0.05, 0.1) is 15.6 Å². The molecule has 0 spiro atoms. The van der Waals surface area contributed by atoms with Gasteiger partial charge in [0.15, 0.2) is 0 Å². The molecule has 1 N–H and O–H groups in total. The molecule has 0 radical (unpaired) electrons. The second kappa shape index (κ2) is 10.1. The second-order valence-corrected chi connectivity index (χ2v) is 9.47. The molecule has 0 atom stereocenters. The standard InChI is InChI=1S/C28H23Cl2NO4/c29-23-5-2-6-24(30)26(23)27-22(28(35-31-27)19-8-9-19)16-34-21-12-10-18(11-13-21)20-4-1-3-17(15-20)7-14-25(32)33/h1-6,10-13,15,19H,7-9,14,16H2,(H,32,33). The maximum Gasteiger partial charge on any atom is 0.303 e. The highest BCUT2D eigenvalue weighted by Gasteiger charge is 2.33. The number of aromatic nitrogens is 1. The van der Waals surface area contributed by atoms with Crippen molar-refractivity contribution in [3.63, 3.8) is 0 Å². The lowest BCUT2D eigenvalue weighted by Crippen LogP contribution is -2.00. The van der Waals surface area contributed by atoms with Gasteiger partial charge in [-0.25, -0.2) is 0 Å². The molecule has 1 aliphatic rings. The van der Waals surface area contributed by atoms with E-state index >= 15 is 0 Å². The Hall–Kier alpha value is -3.28. The van der Waals surface area contributed by atoms with Gasteiger partial charge in [0.1, 0.15) is 23.8 Å². The topological polar surface area (TPSA) is 72.6 Å². The number of hydrogen-bond donors (Lipinski definition) is 1. The first-order chi connectivity index (χ1) is 17.0. The van der Waals surface area contributed by atoms with Crippen molar-refractivity contribution in [3.8, 4) is 28.1 Å². The van der Waals surface area contributed by atoms with E-state index in [4.69, 9.17) is 37.6 Å². The van der Waals surface area contributed by atoms with Crippen molar-refractivity contribution in [1.29, 1.82) is 0 Å². The van der Waals surface area contributed by atoms with Crippen LogP contribution in [-0.4, -0.2) is 16.2 Å². The number of benzene rings is 3. The van der Waals surface area contributed by atoms with Gasteiger partial charge in [0.2, 0.25) is 0 Å². The largest absolute Gasteiger partial charge is 0.489 e. The number of carboxylic acids is 1. The molecule has 1 saturated carbocycles. The number of nitrogens with zero attached hydrogens (tertiary/aromatic N) is 1. The molecule has 35 heavy (non-hydrogen) atoms. The maximum atomic E-state index is 10.9. The van der Waals surface area contributed by atoms with Crippen LogP contribution >= 0.6 is 23.2 Å². The van der Waals surface area contributed by atoms with E-state index in [0.717, 1.165) is 46.6 Å². The molecule has 5 rings (SSSR count). The summed E-state index contributed by atoms with van der Waals surface area (Å²) in [5.41, 5.74) is 5.21. The zero-order valence-electron chi connectivity index (χ0n) is 18.8. The van der Waals surface area contributed by atoms with E-state index in [1.807, 2.05) is 48.5 Å². The number of carbonyl (C=O) groups is 1. The summed E-state index contributed by atoms with van der Waals surface area (Å²) in [5.74, 6) is 1.11. The van der Waals surface area contributed by atoms with Crippen molar-refractivity contribution < 1.29 is 19.2 Å². The first-order valence-corrected chi connectivity index (χ1v) is 12.2. The van der Waals surface area contributed by atoms with E-state index in [2.05, 4.69) is 5.16 Å². The van der Waals surface area contributed by atoms with Crippen LogP contribution < -0.4 is 4.74 Å². The minimum Gasteiger partial charge on any atom is -0.489 e. The van der Waals surface area contributed by atoms with Crippen LogP contribution in [0.5, 0.6) is 5.75 Å². The quantitative estimate of drug-likeness (QED) is 0.250. The number of rotatable bonds is 9. The summed E-state index contributed by atoms with van der Waals surface area (Å²) in [6.07, 6.45) is 2.75. The van der Waals surface area contributed by atoms with Gasteiger partial charge in [-0.3, -0.25) is 4.79 Å². The summed E-state index contributed by atoms with van der Waals surface area (Å²) >= 11 is 12.9. The van der Waals surface area contributed by atoms with Crippen LogP contribution in [-0.2, 0) is 17.8 Å². The Morgan fingerprint density at radius 1 is 1.00 bits per heavy atom. The van der Waals surface area contributed by atoms with Crippen molar-refractivity contribution >= 4 is 29.2 Å². The summed E-state index contributed by atoms with van der Waals surface area (Å²) in [6, 6.07) is 21.1.